The molecule has 0 aromatic carbocycles. The minimum Gasteiger partial charge on any atom is -0.396 e. The van der Waals surface area contributed by atoms with Gasteiger partial charge in [0.1, 0.15) is 0 Å². The van der Waals surface area contributed by atoms with E-state index in [9.17, 15) is 4.80 Å². The van der Waals surface area contributed by atoms with Gasteiger partial charge in [-0.05, 0) is 38.5 Å². The van der Waals surface area contributed by atoms with Crippen molar-refractivity contribution in [3.05, 3.63) is 0 Å². The van der Waals surface area contributed by atoms with Gasteiger partial charge in [0.25, 0.3) is 0 Å². The predicted molar refractivity (Wildman–Crippen MR) is 123 cm³/mol. The molecule has 7 nitrogen and oxygen atoms in total. The van der Waals surface area contributed by atoms with Gasteiger partial charge in [-0.15, -0.1) is 0 Å². The second-order valence-corrected chi connectivity index (χ2v) is 8.21. The summed E-state index contributed by atoms with van der Waals surface area (Å²) < 4.78 is 16.2. The molecule has 0 heterocycles. The van der Waals surface area contributed by atoms with Crippen LogP contribution in [0.25, 0.3) is 0 Å². The fraction of sp³-hybridized carbons (Fsp3) is 1.00. The maximum absolute atomic E-state index is 10.2. The van der Waals surface area contributed by atoms with Gasteiger partial charge in [-0.3, -0.25) is 0 Å². The van der Waals surface area contributed by atoms with Crippen molar-refractivity contribution in [2.45, 2.75) is 99.3 Å². The van der Waals surface area contributed by atoms with Crippen molar-refractivity contribution in [3.8, 4) is 0 Å². The second kappa shape index (κ2) is 40.1. The maximum Gasteiger partial charge on any atom is 0.676 e. The summed E-state index contributed by atoms with van der Waals surface area (Å²) in [7, 11) is -3.36. The van der Waals surface area contributed by atoms with E-state index in [1.807, 2.05) is 20.8 Å². The van der Waals surface area contributed by atoms with Crippen molar-refractivity contribution in [3.63, 3.8) is 0 Å². The van der Waals surface area contributed by atoms with Gasteiger partial charge < -0.3 is 33.4 Å². The van der Waals surface area contributed by atoms with Gasteiger partial charge in [0, 0.05) is 61.4 Å². The van der Waals surface area contributed by atoms with Crippen LogP contribution in [0.2, 0.25) is 0 Å². The third-order valence-corrected chi connectivity index (χ3v) is 4.72. The molecule has 0 rings (SSSR count). The first-order valence-corrected chi connectivity index (χ1v) is 13.1. The van der Waals surface area contributed by atoms with E-state index >= 15 is 0 Å². The number of rotatable bonds is 15. The molecule has 0 aliphatic heterocycles. The first-order chi connectivity index (χ1) is 13.9. The molecule has 0 radical (unpaired) electrons. The number of unbranched alkanes of at least 4 members (excludes halogenated alkanes) is 3. The van der Waals surface area contributed by atoms with Crippen LogP contribution in [0.1, 0.15) is 99.3 Å². The minimum absolute atomic E-state index is 0. The summed E-state index contributed by atoms with van der Waals surface area (Å²) in [5.41, 5.74) is 0. The summed E-state index contributed by atoms with van der Waals surface area (Å²) in [4.78, 5) is 10.2. The van der Waals surface area contributed by atoms with E-state index in [1.165, 1.54) is 0 Å². The Balaban J connectivity index is -0.000000131. The topological polar surface area (TPSA) is 109 Å². The van der Waals surface area contributed by atoms with Gasteiger partial charge in [-0.2, -0.15) is 0 Å². The van der Waals surface area contributed by atoms with Crippen LogP contribution in [0, 0.1) is 0 Å². The molecular weight excluding hydrogens is 440 g/mol. The average Bonchev–Trinajstić information content (AvgIpc) is 2.75. The molecule has 0 bridgehead atoms. The Morgan fingerprint density at radius 3 is 0.833 bits per heavy atom. The molecule has 0 saturated heterocycles. The minimum atomic E-state index is -3.36. The average molecular weight is 493 g/mol. The normalized spacial score (nSPS) is 9.80. The molecule has 0 aliphatic carbocycles. The van der Waals surface area contributed by atoms with Crippen LogP contribution in [-0.4, -0.2) is 68.8 Å². The Labute approximate surface area is 202 Å². The van der Waals surface area contributed by atoms with E-state index in [2.05, 4.69) is 20.8 Å². The molecule has 9 heteroatoms. The molecule has 0 saturated carbocycles. The summed E-state index contributed by atoms with van der Waals surface area (Å²) in [5.74, 6) is 0. The van der Waals surface area contributed by atoms with E-state index in [0.29, 0.717) is 39.6 Å². The third-order valence-electron chi connectivity index (χ3n) is 3.02. The molecule has 0 fully saturated rings. The third kappa shape index (κ3) is 46.7. The van der Waals surface area contributed by atoms with Crippen molar-refractivity contribution in [2.24, 2.45) is 0 Å². The summed E-state index contributed by atoms with van der Waals surface area (Å²) in [6, 6.07) is 0. The van der Waals surface area contributed by atoms with Crippen molar-refractivity contribution in [2.75, 3.05) is 39.6 Å². The zero-order chi connectivity index (χ0) is 23.2. The first kappa shape index (κ1) is 41.0. The molecule has 0 atom stereocenters. The van der Waals surface area contributed by atoms with Crippen LogP contribution in [0.5, 0.6) is 0 Å². The standard InChI is InChI=1S/C12H28O4Si.3C3H8O.Ti/c1-4-7-10-14-17(13,15-11-8-5-2)16-12-9-6-3;3*1-2-3-4;/h13H,4-12H2,1-3H3;3*4H,2-3H2,1H3;. The number of aliphatic hydroxyl groups is 3. The Kier molecular flexibility index (Phi) is 54.7. The Hall–Kier alpha value is 0.651. The van der Waals surface area contributed by atoms with Crippen molar-refractivity contribution in [1.29, 1.82) is 0 Å². The number of hydrogen-bond donors (Lipinski definition) is 4. The van der Waals surface area contributed by atoms with Crippen molar-refractivity contribution >= 4 is 9.05 Å². The molecule has 186 valence electrons. The fourth-order valence-electron chi connectivity index (χ4n) is 1.16. The van der Waals surface area contributed by atoms with E-state index in [-0.39, 0.29) is 21.7 Å². The number of aliphatic hydroxyl groups excluding tert-OH is 3. The van der Waals surface area contributed by atoms with Gasteiger partial charge >= 0.3 is 9.05 Å². The predicted octanol–water partition coefficient (Wildman–Crippen LogP) is 4.03. The van der Waals surface area contributed by atoms with E-state index in [1.54, 1.807) is 0 Å². The van der Waals surface area contributed by atoms with Gasteiger partial charge in [0.2, 0.25) is 0 Å². The van der Waals surface area contributed by atoms with Gasteiger partial charge in [0.15, 0.2) is 0 Å². The van der Waals surface area contributed by atoms with Crippen LogP contribution in [0.15, 0.2) is 0 Å². The molecule has 0 amide bonds. The Morgan fingerprint density at radius 2 is 0.700 bits per heavy atom. The quantitative estimate of drug-likeness (QED) is 0.202. The monoisotopic (exact) mass is 492 g/mol. The molecule has 0 aromatic heterocycles. The number of hydrogen-bond acceptors (Lipinski definition) is 7. The van der Waals surface area contributed by atoms with Gasteiger partial charge in [0.05, 0.1) is 0 Å². The summed E-state index contributed by atoms with van der Waals surface area (Å²) in [5, 5.41) is 23.6. The zero-order valence-corrected chi connectivity index (χ0v) is 23.2. The Bertz CT molecular complexity index is 211. The van der Waals surface area contributed by atoms with Crippen molar-refractivity contribution < 1.29 is 55.1 Å². The summed E-state index contributed by atoms with van der Waals surface area (Å²) in [6.07, 6.45) is 8.49. The largest absolute Gasteiger partial charge is 0.676 e. The molecular formula is C21H52O7SiTi. The summed E-state index contributed by atoms with van der Waals surface area (Å²) in [6.45, 7) is 14.5. The molecule has 0 aromatic rings. The first-order valence-electron chi connectivity index (χ1n) is 11.4. The molecule has 0 spiro atoms. The van der Waals surface area contributed by atoms with Crippen molar-refractivity contribution in [1.82, 2.24) is 0 Å². The van der Waals surface area contributed by atoms with Crippen LogP contribution >= 0.6 is 0 Å². The smallest absolute Gasteiger partial charge is 0.396 e. The molecule has 4 N–H and O–H groups in total. The molecule has 30 heavy (non-hydrogen) atoms. The maximum atomic E-state index is 10.2. The van der Waals surface area contributed by atoms with Crippen LogP contribution in [0.3, 0.4) is 0 Å². The summed E-state index contributed by atoms with van der Waals surface area (Å²) >= 11 is 0. The Morgan fingerprint density at radius 1 is 0.500 bits per heavy atom. The van der Waals surface area contributed by atoms with Crippen LogP contribution in [-0.2, 0) is 35.0 Å². The molecule has 0 unspecified atom stereocenters. The van der Waals surface area contributed by atoms with Gasteiger partial charge in [-0.1, -0.05) is 60.8 Å². The van der Waals surface area contributed by atoms with Crippen LogP contribution < -0.4 is 0 Å². The SMILES string of the molecule is CCCCO[Si](O)(OCCCC)OCCCC.CCCO.CCCO.CCCO.[Ti]. The van der Waals surface area contributed by atoms with E-state index in [4.69, 9.17) is 28.6 Å². The zero-order valence-electron chi connectivity index (χ0n) is 20.6. The van der Waals surface area contributed by atoms with E-state index < -0.39 is 9.05 Å². The van der Waals surface area contributed by atoms with E-state index in [0.717, 1.165) is 57.8 Å². The second-order valence-electron chi connectivity index (χ2n) is 6.30. The fourth-order valence-corrected chi connectivity index (χ4v) is 2.62. The van der Waals surface area contributed by atoms with Gasteiger partial charge in [-0.25, -0.2) is 0 Å². The molecule has 0 aliphatic rings. The van der Waals surface area contributed by atoms with Crippen LogP contribution in [0.4, 0.5) is 0 Å².